The number of rotatable bonds is 3. The smallest absolute Gasteiger partial charge is 0.310 e. The third kappa shape index (κ3) is 1.75. The molecule has 2 amide bonds. The maximum Gasteiger partial charge on any atom is 0.310 e. The van der Waals surface area contributed by atoms with E-state index < -0.39 is 23.2 Å². The molecule has 0 atom stereocenters. The second kappa shape index (κ2) is 3.90. The van der Waals surface area contributed by atoms with E-state index in [2.05, 4.69) is 4.98 Å². The highest BCUT2D eigenvalue weighted by Crippen LogP contribution is 2.25. The first-order valence-corrected chi connectivity index (χ1v) is 5.39. The Bertz CT molecular complexity index is 516. The van der Waals surface area contributed by atoms with Crippen LogP contribution in [-0.4, -0.2) is 39.3 Å². The predicted octanol–water partition coefficient (Wildman–Crippen LogP) is 0.788. The van der Waals surface area contributed by atoms with Gasteiger partial charge in [-0.15, -0.1) is 0 Å². The van der Waals surface area contributed by atoms with Crippen LogP contribution >= 0.6 is 0 Å². The van der Waals surface area contributed by atoms with Gasteiger partial charge in [0.05, 0.1) is 11.0 Å². The fourth-order valence-corrected chi connectivity index (χ4v) is 1.72. The molecule has 0 unspecified atom stereocenters. The van der Waals surface area contributed by atoms with Gasteiger partial charge in [-0.05, 0) is 26.0 Å². The lowest BCUT2D eigenvalue weighted by Crippen LogP contribution is -2.42. The molecule has 0 saturated heterocycles. The summed E-state index contributed by atoms with van der Waals surface area (Å²) in [6.45, 7) is 2.76. The SMILES string of the molecule is CC(C)(CN1C(=O)c2cccnc2C1=O)C(=O)O. The number of hydrogen-bond donors (Lipinski definition) is 1. The second-order valence-electron chi connectivity index (χ2n) is 4.79. The molecule has 6 nitrogen and oxygen atoms in total. The Morgan fingerprint density at radius 3 is 2.61 bits per heavy atom. The summed E-state index contributed by atoms with van der Waals surface area (Å²) in [5.74, 6) is -2.09. The molecular formula is C12H12N2O4. The van der Waals surface area contributed by atoms with Gasteiger partial charge in [0.25, 0.3) is 11.8 Å². The molecule has 94 valence electrons. The maximum absolute atomic E-state index is 12.0. The van der Waals surface area contributed by atoms with Crippen molar-refractivity contribution >= 4 is 17.8 Å². The van der Waals surface area contributed by atoms with Gasteiger partial charge in [-0.3, -0.25) is 24.3 Å². The molecule has 0 saturated carbocycles. The standard InChI is InChI=1S/C12H12N2O4/c1-12(2,11(17)18)6-14-9(15)7-4-3-5-13-8(7)10(14)16/h3-5H,6H2,1-2H3,(H,17,18). The second-order valence-corrected chi connectivity index (χ2v) is 4.79. The Morgan fingerprint density at radius 1 is 1.39 bits per heavy atom. The predicted molar refractivity (Wildman–Crippen MR) is 61.0 cm³/mol. The summed E-state index contributed by atoms with van der Waals surface area (Å²) < 4.78 is 0. The first kappa shape index (κ1) is 12.2. The van der Waals surface area contributed by atoms with Crippen molar-refractivity contribution in [3.63, 3.8) is 0 Å². The van der Waals surface area contributed by atoms with Crippen LogP contribution in [0.3, 0.4) is 0 Å². The number of nitrogens with zero attached hydrogens (tertiary/aromatic N) is 2. The summed E-state index contributed by atoms with van der Waals surface area (Å²) >= 11 is 0. The van der Waals surface area contributed by atoms with Crippen molar-refractivity contribution < 1.29 is 19.5 Å². The van der Waals surface area contributed by atoms with E-state index in [0.717, 1.165) is 4.90 Å². The number of imide groups is 1. The molecule has 0 aliphatic carbocycles. The van der Waals surface area contributed by atoms with Crippen molar-refractivity contribution in [1.29, 1.82) is 0 Å². The number of aliphatic carboxylic acids is 1. The molecule has 0 fully saturated rings. The van der Waals surface area contributed by atoms with Crippen molar-refractivity contribution in [2.24, 2.45) is 5.41 Å². The number of fused-ring (bicyclic) bond motifs is 1. The fraction of sp³-hybridized carbons (Fsp3) is 0.333. The molecule has 0 radical (unpaired) electrons. The normalized spacial score (nSPS) is 14.9. The third-order valence-electron chi connectivity index (χ3n) is 2.86. The monoisotopic (exact) mass is 248 g/mol. The molecule has 6 heteroatoms. The van der Waals surface area contributed by atoms with Crippen LogP contribution in [0.2, 0.25) is 0 Å². The zero-order chi connectivity index (χ0) is 13.5. The Morgan fingerprint density at radius 2 is 2.06 bits per heavy atom. The first-order valence-electron chi connectivity index (χ1n) is 5.39. The Labute approximate surface area is 103 Å². The molecule has 2 rings (SSSR count). The van der Waals surface area contributed by atoms with Crippen molar-refractivity contribution in [3.8, 4) is 0 Å². The molecular weight excluding hydrogens is 236 g/mol. The van der Waals surface area contributed by atoms with Crippen molar-refractivity contribution in [3.05, 3.63) is 29.6 Å². The van der Waals surface area contributed by atoms with Gasteiger partial charge in [-0.25, -0.2) is 0 Å². The lowest BCUT2D eigenvalue weighted by molar-refractivity contribution is -0.147. The summed E-state index contributed by atoms with van der Waals surface area (Å²) in [5, 5.41) is 9.03. The molecule has 0 aromatic carbocycles. The lowest BCUT2D eigenvalue weighted by Gasteiger charge is -2.24. The molecule has 1 aromatic heterocycles. The highest BCUT2D eigenvalue weighted by Gasteiger charge is 2.41. The van der Waals surface area contributed by atoms with E-state index in [9.17, 15) is 14.4 Å². The summed E-state index contributed by atoms with van der Waals surface area (Å²) in [4.78, 5) is 39.8. The molecule has 1 aromatic rings. The minimum atomic E-state index is -1.19. The molecule has 0 spiro atoms. The number of amides is 2. The number of carboxylic acids is 1. The number of aromatic nitrogens is 1. The summed E-state index contributed by atoms with van der Waals surface area (Å²) in [6.07, 6.45) is 1.43. The van der Waals surface area contributed by atoms with Gasteiger partial charge in [0.1, 0.15) is 5.69 Å². The van der Waals surface area contributed by atoms with Gasteiger partial charge in [0.2, 0.25) is 0 Å². The van der Waals surface area contributed by atoms with Crippen LogP contribution in [0.4, 0.5) is 0 Å². The molecule has 1 N–H and O–H groups in total. The van der Waals surface area contributed by atoms with Crippen LogP contribution in [0.15, 0.2) is 18.3 Å². The molecule has 0 bridgehead atoms. The first-order chi connectivity index (χ1) is 8.34. The largest absolute Gasteiger partial charge is 0.481 e. The van der Waals surface area contributed by atoms with E-state index in [-0.39, 0.29) is 17.8 Å². The highest BCUT2D eigenvalue weighted by atomic mass is 16.4. The van der Waals surface area contributed by atoms with Crippen LogP contribution in [0.25, 0.3) is 0 Å². The average molecular weight is 248 g/mol. The minimum absolute atomic E-state index is 0.0867. The average Bonchev–Trinajstić information content (AvgIpc) is 2.55. The number of hydrogen-bond acceptors (Lipinski definition) is 4. The van der Waals surface area contributed by atoms with Crippen LogP contribution in [0.5, 0.6) is 0 Å². The van der Waals surface area contributed by atoms with Gasteiger partial charge >= 0.3 is 5.97 Å². The van der Waals surface area contributed by atoms with E-state index in [1.54, 1.807) is 6.07 Å². The summed E-state index contributed by atoms with van der Waals surface area (Å²) in [7, 11) is 0. The lowest BCUT2D eigenvalue weighted by atomic mass is 9.93. The third-order valence-corrected chi connectivity index (χ3v) is 2.86. The van der Waals surface area contributed by atoms with Crippen molar-refractivity contribution in [2.75, 3.05) is 6.54 Å². The van der Waals surface area contributed by atoms with Crippen LogP contribution in [0.1, 0.15) is 34.7 Å². The molecule has 18 heavy (non-hydrogen) atoms. The molecule has 1 aliphatic rings. The van der Waals surface area contributed by atoms with Crippen LogP contribution in [0, 0.1) is 5.41 Å². The van der Waals surface area contributed by atoms with Crippen LogP contribution < -0.4 is 0 Å². The van der Waals surface area contributed by atoms with Crippen molar-refractivity contribution in [1.82, 2.24) is 9.88 Å². The minimum Gasteiger partial charge on any atom is -0.481 e. The Hall–Kier alpha value is -2.24. The zero-order valence-electron chi connectivity index (χ0n) is 10.0. The Balaban J connectivity index is 2.32. The van der Waals surface area contributed by atoms with E-state index in [1.807, 2.05) is 0 Å². The van der Waals surface area contributed by atoms with E-state index in [0.29, 0.717) is 0 Å². The number of carboxylic acid groups (broad SMARTS) is 1. The molecule has 2 heterocycles. The van der Waals surface area contributed by atoms with E-state index in [4.69, 9.17) is 5.11 Å². The molecule has 1 aliphatic heterocycles. The van der Waals surface area contributed by atoms with Crippen LogP contribution in [-0.2, 0) is 4.79 Å². The number of carbonyl (C=O) groups is 3. The Kier molecular flexibility index (Phi) is 2.65. The maximum atomic E-state index is 12.0. The van der Waals surface area contributed by atoms with Crippen molar-refractivity contribution in [2.45, 2.75) is 13.8 Å². The van der Waals surface area contributed by atoms with E-state index >= 15 is 0 Å². The van der Waals surface area contributed by atoms with Gasteiger partial charge in [-0.1, -0.05) is 0 Å². The fourth-order valence-electron chi connectivity index (χ4n) is 1.72. The summed E-state index contributed by atoms with van der Waals surface area (Å²) in [5.41, 5.74) is -0.875. The van der Waals surface area contributed by atoms with Gasteiger partial charge in [0, 0.05) is 12.7 Å². The van der Waals surface area contributed by atoms with Gasteiger partial charge in [-0.2, -0.15) is 0 Å². The number of carbonyl (C=O) groups excluding carboxylic acids is 2. The highest BCUT2D eigenvalue weighted by molar-refractivity contribution is 6.20. The number of pyridine rings is 1. The summed E-state index contributed by atoms with van der Waals surface area (Å²) in [6, 6.07) is 3.08. The van der Waals surface area contributed by atoms with Gasteiger partial charge < -0.3 is 5.11 Å². The quantitative estimate of drug-likeness (QED) is 0.799. The van der Waals surface area contributed by atoms with E-state index in [1.165, 1.54) is 26.1 Å². The van der Waals surface area contributed by atoms with Gasteiger partial charge in [0.15, 0.2) is 0 Å². The topological polar surface area (TPSA) is 87.6 Å². The zero-order valence-corrected chi connectivity index (χ0v) is 10.0.